The second-order valence-corrected chi connectivity index (χ2v) is 29.2. The summed E-state index contributed by atoms with van der Waals surface area (Å²) < 4.78 is 30.2. The van der Waals surface area contributed by atoms with Gasteiger partial charge in [0.2, 0.25) is 5.91 Å². The van der Waals surface area contributed by atoms with Gasteiger partial charge in [-0.2, -0.15) is 0 Å². The molecular formula is C59H115NO9Si. The Morgan fingerprint density at radius 1 is 0.629 bits per heavy atom. The van der Waals surface area contributed by atoms with Crippen molar-refractivity contribution in [3.05, 3.63) is 0 Å². The van der Waals surface area contributed by atoms with Crippen LogP contribution in [0.15, 0.2) is 0 Å². The maximum absolute atomic E-state index is 14.4. The number of aliphatic hydroxyl groups is 1. The summed E-state index contributed by atoms with van der Waals surface area (Å²) in [4.78, 5) is 41.1. The van der Waals surface area contributed by atoms with Gasteiger partial charge in [0.25, 0.3) is 0 Å². The molecule has 1 saturated heterocycles. The van der Waals surface area contributed by atoms with Crippen LogP contribution in [0.4, 0.5) is 0 Å². The Morgan fingerprint density at radius 2 is 1.04 bits per heavy atom. The largest absolute Gasteiger partial charge is 0.462 e. The number of hydrogen-bond acceptors (Lipinski definition) is 9. The Balaban J connectivity index is 3.09. The van der Waals surface area contributed by atoms with E-state index < -0.39 is 43.8 Å². The van der Waals surface area contributed by atoms with Gasteiger partial charge < -0.3 is 34.1 Å². The zero-order valence-corrected chi connectivity index (χ0v) is 48.5. The lowest BCUT2D eigenvalue weighted by Crippen LogP contribution is -2.62. The normalized spacial score (nSPS) is 18.4. The van der Waals surface area contributed by atoms with Gasteiger partial charge in [-0.1, -0.05) is 239 Å². The van der Waals surface area contributed by atoms with Crippen molar-refractivity contribution in [2.24, 2.45) is 11.3 Å². The Bertz CT molecular complexity index is 1250. The second kappa shape index (κ2) is 42.8. The first-order valence-corrected chi connectivity index (χ1v) is 33.5. The van der Waals surface area contributed by atoms with Crippen molar-refractivity contribution >= 4 is 25.9 Å². The topological polar surface area (TPSA) is 130 Å². The van der Waals surface area contributed by atoms with E-state index in [1.165, 1.54) is 161 Å². The van der Waals surface area contributed by atoms with Gasteiger partial charge in [-0.05, 0) is 46.1 Å². The van der Waals surface area contributed by atoms with E-state index in [0.29, 0.717) is 6.61 Å². The lowest BCUT2D eigenvalue weighted by Gasteiger charge is -2.40. The molecule has 70 heavy (non-hydrogen) atoms. The van der Waals surface area contributed by atoms with Crippen LogP contribution in [0.3, 0.4) is 0 Å². The third kappa shape index (κ3) is 36.4. The first-order chi connectivity index (χ1) is 33.6. The lowest BCUT2D eigenvalue weighted by atomic mass is 9.93. The molecule has 10 nitrogen and oxygen atoms in total. The first-order valence-electron chi connectivity index (χ1n) is 29.8. The highest BCUT2D eigenvalue weighted by atomic mass is 28.3. The van der Waals surface area contributed by atoms with Crippen LogP contribution in [-0.4, -0.2) is 88.1 Å². The molecule has 1 aliphatic rings. The molecule has 1 heterocycles. The number of nitrogens with one attached hydrogen (secondary N) is 1. The molecule has 0 aromatic heterocycles. The molecule has 0 bridgehead atoms. The van der Waals surface area contributed by atoms with Crippen molar-refractivity contribution in [1.29, 1.82) is 0 Å². The van der Waals surface area contributed by atoms with Gasteiger partial charge in [0, 0.05) is 14.7 Å². The fraction of sp³-hybridized carbons (Fsp3) is 0.949. The highest BCUT2D eigenvalue weighted by Gasteiger charge is 2.44. The van der Waals surface area contributed by atoms with Crippen LogP contribution in [0.2, 0.25) is 25.7 Å². The molecule has 6 atom stereocenters. The second-order valence-electron chi connectivity index (χ2n) is 23.6. The maximum Gasteiger partial charge on any atom is 0.311 e. The third-order valence-electron chi connectivity index (χ3n) is 14.3. The molecule has 1 rings (SSSR count). The van der Waals surface area contributed by atoms with Crippen molar-refractivity contribution in [2.45, 2.75) is 322 Å². The van der Waals surface area contributed by atoms with Crippen LogP contribution < -0.4 is 5.32 Å². The molecule has 11 heteroatoms. The molecule has 414 valence electrons. The minimum atomic E-state index is -1.31. The summed E-state index contributed by atoms with van der Waals surface area (Å²) in [5, 5.41) is 15.0. The standard InChI is InChI=1S/C59H115NO9Si/c1-10-13-16-19-22-25-27-28-31-33-36-39-42-50(41-38-35-32-30-26-23-20-17-14-11-2)57(63)69-56-52(47-66-53(55(56)62)48-67-58(64)59(4,5)6)60-54(61)46-51(68-49-65-44-45-70(7,8)9)43-40-37-34-29-24-21-18-15-12-3/h50-53,55-56,62H,10-49H2,1-9H3,(H,60,61)/t50?,51-,52+,53-,55-,56-/m1/s1. The summed E-state index contributed by atoms with van der Waals surface area (Å²) in [6.45, 7) is 19.7. The maximum atomic E-state index is 14.4. The van der Waals surface area contributed by atoms with E-state index in [9.17, 15) is 19.5 Å². The average Bonchev–Trinajstić information content (AvgIpc) is 3.31. The van der Waals surface area contributed by atoms with E-state index in [1.807, 2.05) is 0 Å². The van der Waals surface area contributed by atoms with Gasteiger partial charge in [0.05, 0.1) is 36.5 Å². The molecule has 1 amide bonds. The van der Waals surface area contributed by atoms with E-state index in [1.54, 1.807) is 20.8 Å². The summed E-state index contributed by atoms with van der Waals surface area (Å²) in [6.07, 6.45) is 37.0. The predicted molar refractivity (Wildman–Crippen MR) is 294 cm³/mol. The Morgan fingerprint density at radius 3 is 1.46 bits per heavy atom. The highest BCUT2D eigenvalue weighted by molar-refractivity contribution is 6.76. The molecule has 0 aliphatic carbocycles. The Kier molecular flexibility index (Phi) is 40.6. The minimum Gasteiger partial charge on any atom is -0.462 e. The van der Waals surface area contributed by atoms with Crippen LogP contribution in [0.5, 0.6) is 0 Å². The molecule has 0 aromatic rings. The zero-order chi connectivity index (χ0) is 51.7. The highest BCUT2D eigenvalue weighted by Crippen LogP contribution is 2.27. The summed E-state index contributed by atoms with van der Waals surface area (Å²) >= 11 is 0. The van der Waals surface area contributed by atoms with Crippen molar-refractivity contribution < 1.29 is 43.2 Å². The van der Waals surface area contributed by atoms with E-state index >= 15 is 0 Å². The van der Waals surface area contributed by atoms with Crippen molar-refractivity contribution in [2.75, 3.05) is 26.6 Å². The molecule has 0 aromatic carbocycles. The fourth-order valence-electron chi connectivity index (χ4n) is 9.37. The third-order valence-corrected chi connectivity index (χ3v) is 16.0. The van der Waals surface area contributed by atoms with Gasteiger partial charge in [0.15, 0.2) is 6.10 Å². The molecule has 1 aliphatic heterocycles. The molecule has 1 fully saturated rings. The molecule has 2 N–H and O–H groups in total. The number of carbonyl (C=O) groups excluding carboxylic acids is 3. The molecule has 0 radical (unpaired) electrons. The summed E-state index contributed by atoms with van der Waals surface area (Å²) in [6, 6.07) is 0.256. The van der Waals surface area contributed by atoms with Crippen LogP contribution in [0, 0.1) is 11.3 Å². The smallest absolute Gasteiger partial charge is 0.311 e. The average molecular weight is 1010 g/mol. The zero-order valence-electron chi connectivity index (χ0n) is 47.5. The van der Waals surface area contributed by atoms with Crippen LogP contribution in [0.25, 0.3) is 0 Å². The van der Waals surface area contributed by atoms with Crippen LogP contribution in [-0.2, 0) is 38.1 Å². The van der Waals surface area contributed by atoms with E-state index in [4.69, 9.17) is 23.7 Å². The molecule has 0 saturated carbocycles. The van der Waals surface area contributed by atoms with E-state index in [-0.39, 0.29) is 50.3 Å². The van der Waals surface area contributed by atoms with Gasteiger partial charge in [-0.3, -0.25) is 14.4 Å². The number of amides is 1. The summed E-state index contributed by atoms with van der Waals surface area (Å²) in [5.74, 6) is -1.28. The number of ether oxygens (including phenoxy) is 5. The number of unbranched alkanes of at least 4 members (excludes halogenated alkanes) is 28. The van der Waals surface area contributed by atoms with Gasteiger partial charge in [0.1, 0.15) is 25.6 Å². The lowest BCUT2D eigenvalue weighted by molar-refractivity contribution is -0.200. The monoisotopic (exact) mass is 1010 g/mol. The Labute approximate surface area is 433 Å². The van der Waals surface area contributed by atoms with Gasteiger partial charge in [-0.15, -0.1) is 0 Å². The number of aliphatic hydroxyl groups excluding tert-OH is 1. The molecule has 0 spiro atoms. The van der Waals surface area contributed by atoms with Gasteiger partial charge >= 0.3 is 11.9 Å². The number of carbonyl (C=O) groups is 3. The predicted octanol–water partition coefficient (Wildman–Crippen LogP) is 15.8. The summed E-state index contributed by atoms with van der Waals surface area (Å²) in [7, 11) is -1.26. The summed E-state index contributed by atoms with van der Waals surface area (Å²) in [5.41, 5.74) is -0.732. The quantitative estimate of drug-likeness (QED) is 0.0265. The van der Waals surface area contributed by atoms with Crippen molar-refractivity contribution in [1.82, 2.24) is 5.32 Å². The van der Waals surface area contributed by atoms with Crippen molar-refractivity contribution in [3.8, 4) is 0 Å². The number of rotatable bonds is 47. The van der Waals surface area contributed by atoms with Crippen LogP contribution >= 0.6 is 0 Å². The van der Waals surface area contributed by atoms with E-state index in [0.717, 1.165) is 63.8 Å². The minimum absolute atomic E-state index is 0.00388. The first kappa shape index (κ1) is 66.5. The number of esters is 2. The van der Waals surface area contributed by atoms with Gasteiger partial charge in [-0.25, -0.2) is 0 Å². The van der Waals surface area contributed by atoms with Crippen LogP contribution in [0.1, 0.15) is 266 Å². The SMILES string of the molecule is CCCCCCCCCCCCCCC(CCCCCCCCCCCC)C(=O)O[C@H]1[C@H](O)[C@@H](COC(=O)C(C)(C)C)OC[C@@H]1NC(=O)C[C@@H](CCCCCCCCCCC)OCOCC[Si](C)(C)C. The number of hydrogen-bond donors (Lipinski definition) is 2. The molecular weight excluding hydrogens is 895 g/mol. The fourth-order valence-corrected chi connectivity index (χ4v) is 10.1. The van der Waals surface area contributed by atoms with Crippen molar-refractivity contribution in [3.63, 3.8) is 0 Å². The van der Waals surface area contributed by atoms with E-state index in [2.05, 4.69) is 45.7 Å². The molecule has 1 unspecified atom stereocenters. The Hall–Kier alpha value is -1.53.